The first kappa shape index (κ1) is 16.2. The van der Waals surface area contributed by atoms with Crippen molar-refractivity contribution < 1.29 is 9.47 Å². The van der Waals surface area contributed by atoms with Gasteiger partial charge in [-0.1, -0.05) is 20.8 Å². The average Bonchev–Trinajstić information content (AvgIpc) is 2.46. The van der Waals surface area contributed by atoms with Crippen LogP contribution in [0.4, 0.5) is 0 Å². The van der Waals surface area contributed by atoms with Crippen LogP contribution in [-0.4, -0.2) is 14.2 Å². The van der Waals surface area contributed by atoms with Gasteiger partial charge in [-0.2, -0.15) is 0 Å². The summed E-state index contributed by atoms with van der Waals surface area (Å²) in [7, 11) is 3.36. The summed E-state index contributed by atoms with van der Waals surface area (Å²) < 4.78 is 10.8. The Morgan fingerprint density at radius 1 is 1.10 bits per heavy atom. The molecule has 21 heavy (non-hydrogen) atoms. The van der Waals surface area contributed by atoms with E-state index in [0.717, 1.165) is 35.8 Å². The van der Waals surface area contributed by atoms with Crippen molar-refractivity contribution >= 4 is 0 Å². The third kappa shape index (κ3) is 3.34. The number of ether oxygens (including phenoxy) is 2. The van der Waals surface area contributed by atoms with E-state index in [0.29, 0.717) is 5.41 Å². The second kappa shape index (κ2) is 5.88. The van der Waals surface area contributed by atoms with Crippen molar-refractivity contribution in [3.05, 3.63) is 23.8 Å². The minimum atomic E-state index is -0.278. The standard InChI is InChI=1S/C18H29NO2/c1-17(2,3)13-8-10-18(19,11-9-13)15-7-6-14(20-4)12-16(15)21-5/h6-7,12-13H,8-11,19H2,1-5H3. The van der Waals surface area contributed by atoms with Crippen molar-refractivity contribution in [1.29, 1.82) is 0 Å². The summed E-state index contributed by atoms with van der Waals surface area (Å²) in [5.41, 5.74) is 7.93. The van der Waals surface area contributed by atoms with E-state index in [1.54, 1.807) is 14.2 Å². The van der Waals surface area contributed by atoms with E-state index < -0.39 is 0 Å². The summed E-state index contributed by atoms with van der Waals surface area (Å²) >= 11 is 0. The van der Waals surface area contributed by atoms with Crippen molar-refractivity contribution in [3.63, 3.8) is 0 Å². The Hall–Kier alpha value is -1.22. The molecule has 0 aromatic heterocycles. The quantitative estimate of drug-likeness (QED) is 0.912. The van der Waals surface area contributed by atoms with E-state index >= 15 is 0 Å². The topological polar surface area (TPSA) is 44.5 Å². The highest BCUT2D eigenvalue weighted by molar-refractivity contribution is 5.44. The maximum atomic E-state index is 6.73. The molecule has 0 saturated heterocycles. The molecule has 3 nitrogen and oxygen atoms in total. The van der Waals surface area contributed by atoms with Gasteiger partial charge in [-0.15, -0.1) is 0 Å². The Morgan fingerprint density at radius 2 is 1.71 bits per heavy atom. The van der Waals surface area contributed by atoms with Crippen LogP contribution < -0.4 is 15.2 Å². The maximum Gasteiger partial charge on any atom is 0.127 e. The van der Waals surface area contributed by atoms with Crippen LogP contribution >= 0.6 is 0 Å². The molecule has 0 heterocycles. The zero-order chi connectivity index (χ0) is 15.7. The summed E-state index contributed by atoms with van der Waals surface area (Å²) in [5.74, 6) is 2.40. The smallest absolute Gasteiger partial charge is 0.127 e. The molecule has 1 aliphatic carbocycles. The molecule has 1 aromatic carbocycles. The van der Waals surface area contributed by atoms with Gasteiger partial charge in [0.2, 0.25) is 0 Å². The normalized spacial score (nSPS) is 26.5. The molecule has 0 aliphatic heterocycles. The van der Waals surface area contributed by atoms with E-state index in [1.807, 2.05) is 12.1 Å². The third-order valence-corrected chi connectivity index (χ3v) is 5.05. The van der Waals surface area contributed by atoms with Crippen molar-refractivity contribution in [2.45, 2.75) is 52.0 Å². The molecule has 2 N–H and O–H groups in total. The molecular weight excluding hydrogens is 262 g/mol. The molecule has 1 aliphatic rings. The lowest BCUT2D eigenvalue weighted by Crippen LogP contribution is -2.42. The Balaban J connectivity index is 2.22. The van der Waals surface area contributed by atoms with Crippen molar-refractivity contribution in [2.24, 2.45) is 17.1 Å². The van der Waals surface area contributed by atoms with Crippen molar-refractivity contribution in [2.75, 3.05) is 14.2 Å². The number of hydrogen-bond acceptors (Lipinski definition) is 3. The van der Waals surface area contributed by atoms with Crippen LogP contribution in [0.25, 0.3) is 0 Å². The molecule has 0 amide bonds. The first-order valence-electron chi connectivity index (χ1n) is 7.81. The second-order valence-corrected chi connectivity index (χ2v) is 7.36. The fourth-order valence-corrected chi connectivity index (χ4v) is 3.48. The van der Waals surface area contributed by atoms with Crippen molar-refractivity contribution in [3.8, 4) is 11.5 Å². The number of benzene rings is 1. The lowest BCUT2D eigenvalue weighted by molar-refractivity contribution is 0.132. The van der Waals surface area contributed by atoms with Crippen LogP contribution in [0, 0.1) is 11.3 Å². The monoisotopic (exact) mass is 291 g/mol. The zero-order valence-electron chi connectivity index (χ0n) is 14.0. The van der Waals surface area contributed by atoms with Gasteiger partial charge >= 0.3 is 0 Å². The Bertz CT molecular complexity index is 482. The maximum absolute atomic E-state index is 6.73. The predicted octanol–water partition coefficient (Wildman–Crippen LogP) is 4.09. The molecule has 2 rings (SSSR count). The summed E-state index contributed by atoms with van der Waals surface area (Å²) in [6, 6.07) is 5.97. The SMILES string of the molecule is COc1ccc(C2(N)CCC(C(C)(C)C)CC2)c(OC)c1. The Kier molecular flexibility index (Phi) is 4.52. The number of methoxy groups -OCH3 is 2. The minimum absolute atomic E-state index is 0.278. The fraction of sp³-hybridized carbons (Fsp3) is 0.667. The molecule has 1 fully saturated rings. The van der Waals surface area contributed by atoms with Crippen LogP contribution in [0.2, 0.25) is 0 Å². The van der Waals surface area contributed by atoms with E-state index in [2.05, 4.69) is 26.8 Å². The summed E-state index contributed by atoms with van der Waals surface area (Å²) in [4.78, 5) is 0. The summed E-state index contributed by atoms with van der Waals surface area (Å²) in [6.07, 6.45) is 4.37. The van der Waals surface area contributed by atoms with Crippen LogP contribution in [0.3, 0.4) is 0 Å². The second-order valence-electron chi connectivity index (χ2n) is 7.36. The van der Waals surface area contributed by atoms with Gasteiger partial charge in [0.25, 0.3) is 0 Å². The molecule has 1 aromatic rings. The fourth-order valence-electron chi connectivity index (χ4n) is 3.48. The molecule has 118 valence electrons. The lowest BCUT2D eigenvalue weighted by Gasteiger charge is -2.42. The first-order chi connectivity index (χ1) is 9.80. The van der Waals surface area contributed by atoms with Crippen LogP contribution in [-0.2, 0) is 5.54 Å². The molecule has 0 unspecified atom stereocenters. The van der Waals surface area contributed by atoms with Gasteiger partial charge in [0.1, 0.15) is 11.5 Å². The number of nitrogens with two attached hydrogens (primary N) is 1. The van der Waals surface area contributed by atoms with E-state index in [9.17, 15) is 0 Å². The predicted molar refractivity (Wildman–Crippen MR) is 86.8 cm³/mol. The number of rotatable bonds is 3. The van der Waals surface area contributed by atoms with Crippen molar-refractivity contribution in [1.82, 2.24) is 0 Å². The third-order valence-electron chi connectivity index (χ3n) is 5.05. The van der Waals surface area contributed by atoms with Gasteiger partial charge in [-0.3, -0.25) is 0 Å². The minimum Gasteiger partial charge on any atom is -0.497 e. The zero-order valence-corrected chi connectivity index (χ0v) is 14.0. The average molecular weight is 291 g/mol. The van der Waals surface area contributed by atoms with Crippen LogP contribution in [0.5, 0.6) is 11.5 Å². The van der Waals surface area contributed by atoms with Gasteiger partial charge in [-0.05, 0) is 49.1 Å². The van der Waals surface area contributed by atoms with Crippen LogP contribution in [0.15, 0.2) is 18.2 Å². The van der Waals surface area contributed by atoms with E-state index in [1.165, 1.54) is 12.8 Å². The molecule has 3 heteroatoms. The molecule has 0 atom stereocenters. The molecule has 0 spiro atoms. The lowest BCUT2D eigenvalue weighted by atomic mass is 9.66. The summed E-state index contributed by atoms with van der Waals surface area (Å²) in [6.45, 7) is 6.99. The number of hydrogen-bond donors (Lipinski definition) is 1. The van der Waals surface area contributed by atoms with Gasteiger partial charge < -0.3 is 15.2 Å². The van der Waals surface area contributed by atoms with Crippen LogP contribution in [0.1, 0.15) is 52.0 Å². The first-order valence-corrected chi connectivity index (χ1v) is 7.81. The summed E-state index contributed by atoms with van der Waals surface area (Å²) in [5, 5.41) is 0. The van der Waals surface area contributed by atoms with Gasteiger partial charge in [-0.25, -0.2) is 0 Å². The van der Waals surface area contributed by atoms with Gasteiger partial charge in [0.15, 0.2) is 0 Å². The largest absolute Gasteiger partial charge is 0.497 e. The molecule has 0 radical (unpaired) electrons. The van der Waals surface area contributed by atoms with E-state index in [4.69, 9.17) is 15.2 Å². The molecule has 0 bridgehead atoms. The van der Waals surface area contributed by atoms with Gasteiger partial charge in [0.05, 0.1) is 14.2 Å². The van der Waals surface area contributed by atoms with E-state index in [-0.39, 0.29) is 5.54 Å². The molecule has 1 saturated carbocycles. The van der Waals surface area contributed by atoms with Gasteiger partial charge in [0, 0.05) is 17.2 Å². The highest BCUT2D eigenvalue weighted by atomic mass is 16.5. The highest BCUT2D eigenvalue weighted by Crippen LogP contribution is 2.46. The highest BCUT2D eigenvalue weighted by Gasteiger charge is 2.38. The Morgan fingerprint density at radius 3 is 2.19 bits per heavy atom. The Labute approximate surface area is 128 Å². The molecular formula is C18H29NO2.